The van der Waals surface area contributed by atoms with Gasteiger partial charge in [-0.05, 0) is 43.1 Å². The first-order valence-corrected chi connectivity index (χ1v) is 6.92. The van der Waals surface area contributed by atoms with E-state index in [1.165, 1.54) is 6.07 Å². The van der Waals surface area contributed by atoms with E-state index in [-0.39, 0.29) is 5.56 Å². The molecule has 3 N–H and O–H groups in total. The lowest BCUT2D eigenvalue weighted by Crippen LogP contribution is -2.24. The minimum Gasteiger partial charge on any atom is -0.348 e. The van der Waals surface area contributed by atoms with Crippen molar-refractivity contribution in [3.63, 3.8) is 0 Å². The van der Waals surface area contributed by atoms with Crippen molar-refractivity contribution in [1.29, 1.82) is 0 Å². The second kappa shape index (κ2) is 6.99. The van der Waals surface area contributed by atoms with Crippen molar-refractivity contribution in [2.24, 2.45) is 5.73 Å². The quantitative estimate of drug-likeness (QED) is 0.887. The Bertz CT molecular complexity index is 623. The molecule has 0 heterocycles. The van der Waals surface area contributed by atoms with Gasteiger partial charge in [0.15, 0.2) is 0 Å². The van der Waals surface area contributed by atoms with Crippen molar-refractivity contribution < 1.29 is 9.18 Å². The molecule has 3 nitrogen and oxygen atoms in total. The zero-order valence-corrected chi connectivity index (χ0v) is 12.0. The van der Waals surface area contributed by atoms with E-state index in [9.17, 15) is 9.18 Å². The van der Waals surface area contributed by atoms with Crippen molar-refractivity contribution in [2.75, 3.05) is 6.54 Å². The summed E-state index contributed by atoms with van der Waals surface area (Å²) in [7, 11) is 0. The number of aryl methyl sites for hydroxylation is 1. The highest BCUT2D eigenvalue weighted by Crippen LogP contribution is 2.10. The molecule has 0 atom stereocenters. The molecule has 4 heteroatoms. The summed E-state index contributed by atoms with van der Waals surface area (Å²) in [5.41, 5.74) is 8.56. The number of nitrogens with two attached hydrogens (primary N) is 1. The number of hydrogen-bond acceptors (Lipinski definition) is 2. The Morgan fingerprint density at radius 3 is 2.48 bits per heavy atom. The van der Waals surface area contributed by atoms with Crippen LogP contribution >= 0.6 is 0 Å². The van der Waals surface area contributed by atoms with Gasteiger partial charge in [0.05, 0.1) is 5.56 Å². The Morgan fingerprint density at radius 2 is 1.81 bits per heavy atom. The predicted octanol–water partition coefficient (Wildman–Crippen LogP) is 2.57. The highest BCUT2D eigenvalue weighted by molar-refractivity contribution is 5.94. The number of benzene rings is 2. The third kappa shape index (κ3) is 4.13. The molecule has 2 aromatic carbocycles. The minimum absolute atomic E-state index is 0.0785. The minimum atomic E-state index is -0.503. The summed E-state index contributed by atoms with van der Waals surface area (Å²) < 4.78 is 13.6. The number of halogens is 1. The van der Waals surface area contributed by atoms with Gasteiger partial charge >= 0.3 is 0 Å². The summed E-state index contributed by atoms with van der Waals surface area (Å²) in [6, 6.07) is 12.4. The first-order valence-electron chi connectivity index (χ1n) is 6.92. The second-order valence-corrected chi connectivity index (χ2v) is 5.02. The van der Waals surface area contributed by atoms with Crippen LogP contribution < -0.4 is 11.1 Å². The summed E-state index contributed by atoms with van der Waals surface area (Å²) in [4.78, 5) is 12.0. The number of carbonyl (C=O) groups is 1. The normalized spacial score (nSPS) is 10.4. The third-order valence-electron chi connectivity index (χ3n) is 3.28. The molecule has 0 aliphatic heterocycles. The first-order chi connectivity index (χ1) is 10.1. The molecule has 0 aromatic heterocycles. The fourth-order valence-electron chi connectivity index (χ4n) is 2.08. The van der Waals surface area contributed by atoms with E-state index in [0.29, 0.717) is 13.1 Å². The standard InChI is InChI=1S/C17H19FN2O/c1-12-2-7-16(18)15(10-12)17(21)20-11-14-5-3-13(4-6-14)8-9-19/h2-7,10H,8-9,11,19H2,1H3,(H,20,21). The first kappa shape index (κ1) is 15.2. The number of hydrogen-bond donors (Lipinski definition) is 2. The second-order valence-electron chi connectivity index (χ2n) is 5.02. The van der Waals surface area contributed by atoms with Crippen molar-refractivity contribution in [3.05, 3.63) is 70.5 Å². The number of amides is 1. The van der Waals surface area contributed by atoms with Crippen LogP contribution in [0.15, 0.2) is 42.5 Å². The summed E-state index contributed by atoms with van der Waals surface area (Å²) in [5, 5.41) is 2.73. The van der Waals surface area contributed by atoms with E-state index >= 15 is 0 Å². The Balaban J connectivity index is 1.99. The molecule has 0 radical (unpaired) electrons. The lowest BCUT2D eigenvalue weighted by molar-refractivity contribution is 0.0947. The summed E-state index contributed by atoms with van der Waals surface area (Å²) in [5.74, 6) is -0.904. The average Bonchev–Trinajstić information content (AvgIpc) is 2.49. The smallest absolute Gasteiger partial charge is 0.254 e. The number of nitrogens with one attached hydrogen (secondary N) is 1. The predicted molar refractivity (Wildman–Crippen MR) is 81.5 cm³/mol. The van der Waals surface area contributed by atoms with E-state index < -0.39 is 11.7 Å². The zero-order valence-electron chi connectivity index (χ0n) is 12.0. The molecule has 0 aliphatic rings. The highest BCUT2D eigenvalue weighted by atomic mass is 19.1. The third-order valence-corrected chi connectivity index (χ3v) is 3.28. The van der Waals surface area contributed by atoms with Gasteiger partial charge in [-0.1, -0.05) is 35.9 Å². The summed E-state index contributed by atoms with van der Waals surface area (Å²) in [6.07, 6.45) is 0.834. The van der Waals surface area contributed by atoms with Gasteiger partial charge in [0.25, 0.3) is 5.91 Å². The van der Waals surface area contributed by atoms with Crippen molar-refractivity contribution >= 4 is 5.91 Å². The molecule has 1 amide bonds. The lowest BCUT2D eigenvalue weighted by atomic mass is 10.1. The van der Waals surface area contributed by atoms with Gasteiger partial charge in [0, 0.05) is 6.54 Å². The largest absolute Gasteiger partial charge is 0.348 e. The van der Waals surface area contributed by atoms with Gasteiger partial charge < -0.3 is 11.1 Å². The van der Waals surface area contributed by atoms with Crippen LogP contribution in [0.2, 0.25) is 0 Å². The topological polar surface area (TPSA) is 55.1 Å². The Kier molecular flexibility index (Phi) is 5.06. The van der Waals surface area contributed by atoms with Crippen molar-refractivity contribution in [1.82, 2.24) is 5.32 Å². The van der Waals surface area contributed by atoms with E-state index in [1.54, 1.807) is 12.1 Å². The van der Waals surface area contributed by atoms with Crippen molar-refractivity contribution in [2.45, 2.75) is 19.9 Å². The van der Waals surface area contributed by atoms with Crippen molar-refractivity contribution in [3.8, 4) is 0 Å². The zero-order chi connectivity index (χ0) is 15.2. The van der Waals surface area contributed by atoms with Crippen LogP contribution in [0.1, 0.15) is 27.0 Å². The van der Waals surface area contributed by atoms with Crippen LogP contribution in [-0.4, -0.2) is 12.5 Å². The maximum Gasteiger partial charge on any atom is 0.254 e. The van der Waals surface area contributed by atoms with Crippen LogP contribution in [0.3, 0.4) is 0 Å². The number of rotatable bonds is 5. The Morgan fingerprint density at radius 1 is 1.14 bits per heavy atom. The molecule has 0 aliphatic carbocycles. The number of carbonyl (C=O) groups excluding carboxylic acids is 1. The van der Waals surface area contributed by atoms with E-state index in [0.717, 1.165) is 23.1 Å². The summed E-state index contributed by atoms with van der Waals surface area (Å²) in [6.45, 7) is 2.81. The SMILES string of the molecule is Cc1ccc(F)c(C(=O)NCc2ccc(CCN)cc2)c1. The van der Waals surface area contributed by atoms with Crippen LogP contribution in [0, 0.1) is 12.7 Å². The summed E-state index contributed by atoms with van der Waals surface area (Å²) >= 11 is 0. The molecular formula is C17H19FN2O. The molecule has 0 saturated carbocycles. The van der Waals surface area contributed by atoms with E-state index in [1.807, 2.05) is 31.2 Å². The molecule has 21 heavy (non-hydrogen) atoms. The highest BCUT2D eigenvalue weighted by Gasteiger charge is 2.11. The van der Waals surface area contributed by atoms with Gasteiger partial charge in [0.1, 0.15) is 5.82 Å². The molecule has 2 rings (SSSR count). The van der Waals surface area contributed by atoms with Gasteiger partial charge in [0.2, 0.25) is 0 Å². The molecule has 0 saturated heterocycles. The molecule has 0 unspecified atom stereocenters. The lowest BCUT2D eigenvalue weighted by Gasteiger charge is -2.08. The van der Waals surface area contributed by atoms with Gasteiger partial charge in [-0.2, -0.15) is 0 Å². The van der Waals surface area contributed by atoms with Crippen LogP contribution in [0.25, 0.3) is 0 Å². The van der Waals surface area contributed by atoms with E-state index in [4.69, 9.17) is 5.73 Å². The molecule has 0 fully saturated rings. The molecule has 2 aromatic rings. The maximum atomic E-state index is 13.6. The van der Waals surface area contributed by atoms with Crippen LogP contribution in [-0.2, 0) is 13.0 Å². The molecular weight excluding hydrogens is 267 g/mol. The van der Waals surface area contributed by atoms with E-state index in [2.05, 4.69) is 5.32 Å². The fraction of sp³-hybridized carbons (Fsp3) is 0.235. The maximum absolute atomic E-state index is 13.6. The van der Waals surface area contributed by atoms with Gasteiger partial charge in [-0.3, -0.25) is 4.79 Å². The van der Waals surface area contributed by atoms with Gasteiger partial charge in [-0.25, -0.2) is 4.39 Å². The molecule has 110 valence electrons. The fourth-order valence-corrected chi connectivity index (χ4v) is 2.08. The Labute approximate surface area is 124 Å². The Hall–Kier alpha value is -2.20. The monoisotopic (exact) mass is 286 g/mol. The van der Waals surface area contributed by atoms with Gasteiger partial charge in [-0.15, -0.1) is 0 Å². The average molecular weight is 286 g/mol. The molecule has 0 spiro atoms. The van der Waals surface area contributed by atoms with Crippen LogP contribution in [0.5, 0.6) is 0 Å². The molecule has 0 bridgehead atoms. The van der Waals surface area contributed by atoms with Crippen LogP contribution in [0.4, 0.5) is 4.39 Å².